The van der Waals surface area contributed by atoms with Crippen LogP contribution in [0.25, 0.3) is 0 Å². The fraction of sp³-hybridized carbons (Fsp3) is 0.727. The molecule has 2 fully saturated rings. The van der Waals surface area contributed by atoms with Crippen LogP contribution in [0.15, 0.2) is 10.6 Å². The summed E-state index contributed by atoms with van der Waals surface area (Å²) in [6.45, 7) is 0.212. The highest BCUT2D eigenvalue weighted by molar-refractivity contribution is 5.24. The van der Waals surface area contributed by atoms with Crippen molar-refractivity contribution in [1.82, 2.24) is 5.16 Å². The summed E-state index contributed by atoms with van der Waals surface area (Å²) in [5.41, 5.74) is 0.921. The first kappa shape index (κ1) is 8.48. The SMILES string of the molecule is OCC1(c2cc(C3CC3)on2)CCC1. The molecule has 0 radical (unpaired) electrons. The van der Waals surface area contributed by atoms with Crippen molar-refractivity contribution in [2.75, 3.05) is 6.61 Å². The van der Waals surface area contributed by atoms with Gasteiger partial charge in [-0.05, 0) is 25.7 Å². The first-order valence-corrected chi connectivity index (χ1v) is 5.42. The first-order valence-electron chi connectivity index (χ1n) is 5.42. The second-order valence-corrected chi connectivity index (χ2v) is 4.68. The second kappa shape index (κ2) is 2.83. The monoisotopic (exact) mass is 193 g/mol. The van der Waals surface area contributed by atoms with Gasteiger partial charge in [-0.15, -0.1) is 0 Å². The molecule has 0 unspecified atom stereocenters. The van der Waals surface area contributed by atoms with Gasteiger partial charge in [-0.25, -0.2) is 0 Å². The molecule has 0 atom stereocenters. The van der Waals surface area contributed by atoms with Crippen LogP contribution in [0.3, 0.4) is 0 Å². The average Bonchev–Trinajstić information content (AvgIpc) is 2.86. The van der Waals surface area contributed by atoms with E-state index in [9.17, 15) is 5.11 Å². The molecule has 2 aliphatic carbocycles. The van der Waals surface area contributed by atoms with Crippen molar-refractivity contribution < 1.29 is 9.63 Å². The maximum Gasteiger partial charge on any atom is 0.140 e. The van der Waals surface area contributed by atoms with Gasteiger partial charge in [-0.2, -0.15) is 0 Å². The van der Waals surface area contributed by atoms with Gasteiger partial charge in [-0.1, -0.05) is 11.6 Å². The predicted octanol–water partition coefficient (Wildman–Crippen LogP) is 1.97. The molecule has 3 rings (SSSR count). The second-order valence-electron chi connectivity index (χ2n) is 4.68. The molecule has 1 N–H and O–H groups in total. The number of hydrogen-bond acceptors (Lipinski definition) is 3. The Labute approximate surface area is 83.1 Å². The van der Waals surface area contributed by atoms with Gasteiger partial charge >= 0.3 is 0 Å². The molecule has 1 aromatic rings. The fourth-order valence-corrected chi connectivity index (χ4v) is 2.20. The molecule has 1 heterocycles. The van der Waals surface area contributed by atoms with Gasteiger partial charge in [0, 0.05) is 17.4 Å². The van der Waals surface area contributed by atoms with Gasteiger partial charge in [0.1, 0.15) is 5.76 Å². The van der Waals surface area contributed by atoms with E-state index in [4.69, 9.17) is 4.52 Å². The highest BCUT2D eigenvalue weighted by atomic mass is 16.5. The van der Waals surface area contributed by atoms with Gasteiger partial charge in [0.05, 0.1) is 12.3 Å². The number of hydrogen-bond donors (Lipinski definition) is 1. The van der Waals surface area contributed by atoms with E-state index in [-0.39, 0.29) is 12.0 Å². The van der Waals surface area contributed by atoms with Gasteiger partial charge in [-0.3, -0.25) is 0 Å². The van der Waals surface area contributed by atoms with E-state index in [1.807, 2.05) is 0 Å². The minimum absolute atomic E-state index is 0.0589. The average molecular weight is 193 g/mol. The minimum Gasteiger partial charge on any atom is -0.395 e. The molecule has 14 heavy (non-hydrogen) atoms. The zero-order valence-electron chi connectivity index (χ0n) is 8.20. The third kappa shape index (κ3) is 1.12. The van der Waals surface area contributed by atoms with Crippen LogP contribution in [0, 0.1) is 0 Å². The summed E-state index contributed by atoms with van der Waals surface area (Å²) < 4.78 is 5.31. The molecule has 0 bridgehead atoms. The summed E-state index contributed by atoms with van der Waals surface area (Å²) in [5, 5.41) is 13.5. The van der Waals surface area contributed by atoms with E-state index < -0.39 is 0 Å². The Balaban J connectivity index is 1.87. The van der Waals surface area contributed by atoms with E-state index in [0.29, 0.717) is 5.92 Å². The van der Waals surface area contributed by atoms with E-state index in [0.717, 1.165) is 24.3 Å². The third-order valence-electron chi connectivity index (χ3n) is 3.66. The Bertz CT molecular complexity index is 331. The van der Waals surface area contributed by atoms with Crippen molar-refractivity contribution in [3.05, 3.63) is 17.5 Å². The van der Waals surface area contributed by atoms with Crippen molar-refractivity contribution in [2.24, 2.45) is 0 Å². The number of aliphatic hydroxyl groups is 1. The van der Waals surface area contributed by atoms with Crippen LogP contribution in [0.4, 0.5) is 0 Å². The number of rotatable bonds is 3. The van der Waals surface area contributed by atoms with Crippen molar-refractivity contribution in [2.45, 2.75) is 43.4 Å². The smallest absolute Gasteiger partial charge is 0.140 e. The number of aliphatic hydroxyl groups excluding tert-OH is 1. The molecule has 3 heteroatoms. The molecule has 2 saturated carbocycles. The van der Waals surface area contributed by atoms with Crippen LogP contribution < -0.4 is 0 Å². The largest absolute Gasteiger partial charge is 0.395 e. The van der Waals surface area contributed by atoms with Crippen molar-refractivity contribution >= 4 is 0 Å². The molecule has 0 aromatic carbocycles. The van der Waals surface area contributed by atoms with E-state index in [1.54, 1.807) is 0 Å². The maximum absolute atomic E-state index is 9.37. The van der Waals surface area contributed by atoms with Crippen molar-refractivity contribution in [3.8, 4) is 0 Å². The summed E-state index contributed by atoms with van der Waals surface area (Å²) in [7, 11) is 0. The van der Waals surface area contributed by atoms with Crippen LogP contribution in [0.1, 0.15) is 49.5 Å². The molecule has 76 valence electrons. The van der Waals surface area contributed by atoms with Crippen LogP contribution in [0.5, 0.6) is 0 Å². The van der Waals surface area contributed by atoms with E-state index in [1.165, 1.54) is 19.3 Å². The highest BCUT2D eigenvalue weighted by Gasteiger charge is 2.41. The Kier molecular flexibility index (Phi) is 1.71. The summed E-state index contributed by atoms with van der Waals surface area (Å²) in [5.74, 6) is 1.65. The van der Waals surface area contributed by atoms with Crippen molar-refractivity contribution in [1.29, 1.82) is 0 Å². The fourth-order valence-electron chi connectivity index (χ4n) is 2.20. The van der Waals surface area contributed by atoms with Gasteiger partial charge < -0.3 is 9.63 Å². The van der Waals surface area contributed by atoms with E-state index in [2.05, 4.69) is 11.2 Å². The highest BCUT2D eigenvalue weighted by Crippen LogP contribution is 2.46. The third-order valence-corrected chi connectivity index (χ3v) is 3.66. The number of nitrogens with zero attached hydrogens (tertiary/aromatic N) is 1. The maximum atomic E-state index is 9.37. The quantitative estimate of drug-likeness (QED) is 0.798. The van der Waals surface area contributed by atoms with Crippen molar-refractivity contribution in [3.63, 3.8) is 0 Å². The Morgan fingerprint density at radius 3 is 2.79 bits per heavy atom. The normalized spacial score (nSPS) is 24.6. The zero-order valence-corrected chi connectivity index (χ0v) is 8.20. The van der Waals surface area contributed by atoms with Gasteiger partial charge in [0.25, 0.3) is 0 Å². The molecule has 0 amide bonds. The van der Waals surface area contributed by atoms with Gasteiger partial charge in [0.15, 0.2) is 0 Å². The summed E-state index contributed by atoms with van der Waals surface area (Å²) >= 11 is 0. The Morgan fingerprint density at radius 1 is 1.50 bits per heavy atom. The zero-order chi connectivity index (χ0) is 9.60. The molecule has 0 aliphatic heterocycles. The van der Waals surface area contributed by atoms with Crippen LogP contribution in [-0.2, 0) is 5.41 Å². The van der Waals surface area contributed by atoms with Crippen LogP contribution >= 0.6 is 0 Å². The standard InChI is InChI=1S/C11H15NO2/c13-7-11(4-1-5-11)10-6-9(14-12-10)8-2-3-8/h6,8,13H,1-5,7H2. The van der Waals surface area contributed by atoms with Crippen LogP contribution in [0.2, 0.25) is 0 Å². The summed E-state index contributed by atoms with van der Waals surface area (Å²) in [6.07, 6.45) is 5.79. The molecule has 0 spiro atoms. The minimum atomic E-state index is -0.0589. The molecular weight excluding hydrogens is 178 g/mol. The molecule has 1 aromatic heterocycles. The molecular formula is C11H15NO2. The first-order chi connectivity index (χ1) is 6.84. The lowest BCUT2D eigenvalue weighted by atomic mass is 9.67. The number of aromatic nitrogens is 1. The lowest BCUT2D eigenvalue weighted by Crippen LogP contribution is -2.38. The summed E-state index contributed by atoms with van der Waals surface area (Å²) in [6, 6.07) is 2.06. The molecule has 3 nitrogen and oxygen atoms in total. The van der Waals surface area contributed by atoms with E-state index >= 15 is 0 Å². The lowest BCUT2D eigenvalue weighted by Gasteiger charge is -2.38. The molecule has 2 aliphatic rings. The molecule has 0 saturated heterocycles. The predicted molar refractivity (Wildman–Crippen MR) is 51.1 cm³/mol. The topological polar surface area (TPSA) is 46.3 Å². The summed E-state index contributed by atoms with van der Waals surface area (Å²) in [4.78, 5) is 0. The van der Waals surface area contributed by atoms with Crippen LogP contribution in [-0.4, -0.2) is 16.9 Å². The Morgan fingerprint density at radius 2 is 2.29 bits per heavy atom. The Hall–Kier alpha value is -0.830. The van der Waals surface area contributed by atoms with Gasteiger partial charge in [0.2, 0.25) is 0 Å². The lowest BCUT2D eigenvalue weighted by molar-refractivity contribution is 0.112.